The Bertz CT molecular complexity index is 629. The van der Waals surface area contributed by atoms with E-state index < -0.39 is 0 Å². The Morgan fingerprint density at radius 1 is 1.25 bits per heavy atom. The zero-order valence-electron chi connectivity index (χ0n) is 10.5. The van der Waals surface area contributed by atoms with Crippen molar-refractivity contribution in [3.8, 4) is 0 Å². The maximum Gasteiger partial charge on any atom is 0.170 e. The standard InChI is InChI=1S/C14H13BrFN3O/c15-12-6-5-11(7-13(12)16)18-8-9-1-3-10(4-2-9)14(17)19-20/h1-7,18,20H,8H2,(H2,17,19). The number of nitrogens with two attached hydrogens (primary N) is 1. The molecule has 0 radical (unpaired) electrons. The highest BCUT2D eigenvalue weighted by atomic mass is 79.9. The average Bonchev–Trinajstić information content (AvgIpc) is 2.48. The molecule has 0 aliphatic heterocycles. The van der Waals surface area contributed by atoms with Crippen molar-refractivity contribution in [3.63, 3.8) is 0 Å². The minimum atomic E-state index is -0.308. The second-order valence-corrected chi connectivity index (χ2v) is 5.02. The van der Waals surface area contributed by atoms with Crippen molar-refractivity contribution < 1.29 is 9.60 Å². The van der Waals surface area contributed by atoms with Crippen LogP contribution in [0.15, 0.2) is 52.1 Å². The third-order valence-corrected chi connectivity index (χ3v) is 3.42. The molecule has 0 unspecified atom stereocenters. The molecule has 4 N–H and O–H groups in total. The fourth-order valence-electron chi connectivity index (χ4n) is 1.66. The van der Waals surface area contributed by atoms with Crippen molar-refractivity contribution >= 4 is 27.5 Å². The van der Waals surface area contributed by atoms with Crippen LogP contribution in [-0.2, 0) is 6.54 Å². The molecular formula is C14H13BrFN3O. The van der Waals surface area contributed by atoms with E-state index >= 15 is 0 Å². The van der Waals surface area contributed by atoms with Crippen LogP contribution in [0.3, 0.4) is 0 Å². The number of hydrogen-bond donors (Lipinski definition) is 3. The molecule has 0 saturated heterocycles. The summed E-state index contributed by atoms with van der Waals surface area (Å²) in [5.41, 5.74) is 7.83. The summed E-state index contributed by atoms with van der Waals surface area (Å²) in [5.74, 6) is -0.239. The topological polar surface area (TPSA) is 70.6 Å². The lowest BCUT2D eigenvalue weighted by molar-refractivity contribution is 0.318. The molecule has 0 fully saturated rings. The molecule has 6 heteroatoms. The first-order chi connectivity index (χ1) is 9.60. The Morgan fingerprint density at radius 2 is 1.95 bits per heavy atom. The number of oxime groups is 1. The lowest BCUT2D eigenvalue weighted by atomic mass is 10.1. The smallest absolute Gasteiger partial charge is 0.170 e. The molecule has 0 amide bonds. The van der Waals surface area contributed by atoms with Crippen molar-refractivity contribution in [2.24, 2.45) is 10.9 Å². The predicted octanol–water partition coefficient (Wildman–Crippen LogP) is 3.29. The maximum absolute atomic E-state index is 13.3. The van der Waals surface area contributed by atoms with Crippen LogP contribution in [0.25, 0.3) is 0 Å². The first-order valence-electron chi connectivity index (χ1n) is 5.86. The molecule has 0 atom stereocenters. The molecule has 2 rings (SSSR count). The van der Waals surface area contributed by atoms with Gasteiger partial charge in [0.15, 0.2) is 5.84 Å². The van der Waals surface area contributed by atoms with Gasteiger partial charge in [0.25, 0.3) is 0 Å². The molecule has 104 valence electrons. The van der Waals surface area contributed by atoms with Gasteiger partial charge >= 0.3 is 0 Å². The number of rotatable bonds is 4. The Morgan fingerprint density at radius 3 is 2.55 bits per heavy atom. The Kier molecular flexibility index (Phi) is 4.57. The van der Waals surface area contributed by atoms with Crippen molar-refractivity contribution in [1.82, 2.24) is 0 Å². The van der Waals surface area contributed by atoms with Gasteiger partial charge in [0.05, 0.1) is 4.47 Å². The van der Waals surface area contributed by atoms with Gasteiger partial charge in [-0.1, -0.05) is 29.4 Å². The van der Waals surface area contributed by atoms with Gasteiger partial charge in [0, 0.05) is 17.8 Å². The second-order valence-electron chi connectivity index (χ2n) is 4.16. The molecule has 2 aromatic rings. The Labute approximate surface area is 124 Å². The van der Waals surface area contributed by atoms with Crippen LogP contribution in [0.4, 0.5) is 10.1 Å². The Balaban J connectivity index is 2.02. The summed E-state index contributed by atoms with van der Waals surface area (Å²) in [6, 6.07) is 12.1. The molecule has 0 aliphatic rings. The van der Waals surface area contributed by atoms with E-state index in [0.717, 1.165) is 5.56 Å². The normalized spacial score (nSPS) is 11.4. The van der Waals surface area contributed by atoms with E-state index in [1.54, 1.807) is 24.3 Å². The lowest BCUT2D eigenvalue weighted by Gasteiger charge is -2.08. The van der Waals surface area contributed by atoms with Gasteiger partial charge in [-0.3, -0.25) is 0 Å². The zero-order chi connectivity index (χ0) is 14.5. The maximum atomic E-state index is 13.3. The summed E-state index contributed by atoms with van der Waals surface area (Å²) in [6.45, 7) is 0.553. The van der Waals surface area contributed by atoms with E-state index in [1.807, 2.05) is 12.1 Å². The summed E-state index contributed by atoms with van der Waals surface area (Å²) in [5, 5.41) is 14.6. The summed E-state index contributed by atoms with van der Waals surface area (Å²) >= 11 is 3.11. The van der Waals surface area contributed by atoms with Crippen LogP contribution in [0.2, 0.25) is 0 Å². The Hall–Kier alpha value is -2.08. The van der Waals surface area contributed by atoms with Crippen LogP contribution in [0, 0.1) is 5.82 Å². The van der Waals surface area contributed by atoms with Gasteiger partial charge in [0.1, 0.15) is 5.82 Å². The summed E-state index contributed by atoms with van der Waals surface area (Å²) in [6.07, 6.45) is 0. The fraction of sp³-hybridized carbons (Fsp3) is 0.0714. The van der Waals surface area contributed by atoms with Crippen molar-refractivity contribution in [3.05, 3.63) is 63.9 Å². The molecule has 20 heavy (non-hydrogen) atoms. The summed E-state index contributed by atoms with van der Waals surface area (Å²) in [4.78, 5) is 0. The van der Waals surface area contributed by atoms with Crippen LogP contribution >= 0.6 is 15.9 Å². The molecular weight excluding hydrogens is 325 g/mol. The van der Waals surface area contributed by atoms with E-state index in [4.69, 9.17) is 10.9 Å². The van der Waals surface area contributed by atoms with Gasteiger partial charge < -0.3 is 16.3 Å². The number of halogens is 2. The quantitative estimate of drug-likeness (QED) is 0.347. The highest BCUT2D eigenvalue weighted by Crippen LogP contribution is 2.19. The number of amidine groups is 1. The summed E-state index contributed by atoms with van der Waals surface area (Å²) in [7, 11) is 0. The molecule has 4 nitrogen and oxygen atoms in total. The van der Waals surface area contributed by atoms with Gasteiger partial charge in [0.2, 0.25) is 0 Å². The molecule has 0 spiro atoms. The second kappa shape index (κ2) is 6.38. The number of anilines is 1. The van der Waals surface area contributed by atoms with Crippen LogP contribution in [0.1, 0.15) is 11.1 Å². The van der Waals surface area contributed by atoms with E-state index in [-0.39, 0.29) is 11.7 Å². The first kappa shape index (κ1) is 14.3. The fourth-order valence-corrected chi connectivity index (χ4v) is 1.91. The van der Waals surface area contributed by atoms with Gasteiger partial charge in [-0.2, -0.15) is 0 Å². The third-order valence-electron chi connectivity index (χ3n) is 2.77. The van der Waals surface area contributed by atoms with Crippen LogP contribution in [-0.4, -0.2) is 11.0 Å². The van der Waals surface area contributed by atoms with Crippen LogP contribution < -0.4 is 11.1 Å². The van der Waals surface area contributed by atoms with Gasteiger partial charge in [-0.25, -0.2) is 4.39 Å². The van der Waals surface area contributed by atoms with E-state index in [1.165, 1.54) is 6.07 Å². The first-order valence-corrected chi connectivity index (χ1v) is 6.65. The number of benzene rings is 2. The predicted molar refractivity (Wildman–Crippen MR) is 80.4 cm³/mol. The van der Waals surface area contributed by atoms with Crippen molar-refractivity contribution in [2.45, 2.75) is 6.54 Å². The molecule has 0 heterocycles. The lowest BCUT2D eigenvalue weighted by Crippen LogP contribution is -2.13. The van der Waals surface area contributed by atoms with E-state index in [0.29, 0.717) is 22.3 Å². The summed E-state index contributed by atoms with van der Waals surface area (Å²) < 4.78 is 13.8. The molecule has 0 aliphatic carbocycles. The minimum absolute atomic E-state index is 0.0690. The molecule has 0 saturated carbocycles. The molecule has 0 bridgehead atoms. The van der Waals surface area contributed by atoms with Gasteiger partial charge in [-0.05, 0) is 39.7 Å². The zero-order valence-corrected chi connectivity index (χ0v) is 12.1. The molecule has 2 aromatic carbocycles. The number of hydrogen-bond acceptors (Lipinski definition) is 3. The molecule has 0 aromatic heterocycles. The van der Waals surface area contributed by atoms with Gasteiger partial charge in [-0.15, -0.1) is 0 Å². The number of nitrogens with one attached hydrogen (secondary N) is 1. The average molecular weight is 338 g/mol. The van der Waals surface area contributed by atoms with Crippen LogP contribution in [0.5, 0.6) is 0 Å². The monoisotopic (exact) mass is 337 g/mol. The largest absolute Gasteiger partial charge is 0.409 e. The highest BCUT2D eigenvalue weighted by Gasteiger charge is 2.02. The third kappa shape index (κ3) is 3.48. The van der Waals surface area contributed by atoms with E-state index in [2.05, 4.69) is 26.4 Å². The van der Waals surface area contributed by atoms with E-state index in [9.17, 15) is 4.39 Å². The SMILES string of the molecule is NC(=NO)c1ccc(CNc2ccc(Br)c(F)c2)cc1. The minimum Gasteiger partial charge on any atom is -0.409 e. The van der Waals surface area contributed by atoms with Crippen molar-refractivity contribution in [1.29, 1.82) is 0 Å². The van der Waals surface area contributed by atoms with Crippen molar-refractivity contribution in [2.75, 3.05) is 5.32 Å². The highest BCUT2D eigenvalue weighted by molar-refractivity contribution is 9.10. The number of nitrogens with zero attached hydrogens (tertiary/aromatic N) is 1.